The number of hydrogen-bond acceptors (Lipinski definition) is 3. The summed E-state index contributed by atoms with van der Waals surface area (Å²) in [7, 11) is 0. The van der Waals surface area contributed by atoms with Crippen LogP contribution in [0, 0.1) is 5.82 Å². The van der Waals surface area contributed by atoms with Gasteiger partial charge < -0.3 is 14.6 Å². The zero-order valence-electron chi connectivity index (χ0n) is 17.8. The molecule has 5 nitrogen and oxygen atoms in total. The van der Waals surface area contributed by atoms with Crippen molar-refractivity contribution in [3.63, 3.8) is 0 Å². The second-order valence-corrected chi connectivity index (χ2v) is 7.88. The summed E-state index contributed by atoms with van der Waals surface area (Å²) in [6, 6.07) is 22.6. The lowest BCUT2D eigenvalue weighted by Gasteiger charge is -2.18. The quantitative estimate of drug-likeness (QED) is 0.450. The zero-order chi connectivity index (χ0) is 22.8. The van der Waals surface area contributed by atoms with Crippen molar-refractivity contribution >= 4 is 28.4 Å². The fraction of sp³-hybridized carbons (Fsp3) is 0.111. The van der Waals surface area contributed by atoms with Crippen LogP contribution in [0.1, 0.15) is 27.2 Å². The molecule has 0 fully saturated rings. The van der Waals surface area contributed by atoms with Crippen LogP contribution in [0.3, 0.4) is 0 Å². The smallest absolute Gasteiger partial charge is 0.342 e. The van der Waals surface area contributed by atoms with E-state index in [1.165, 1.54) is 29.2 Å². The number of aromatic nitrogens is 1. The van der Waals surface area contributed by atoms with Crippen LogP contribution < -0.4 is 0 Å². The molecule has 6 heteroatoms. The highest BCUT2D eigenvalue weighted by Crippen LogP contribution is 2.32. The van der Waals surface area contributed by atoms with Gasteiger partial charge in [-0.25, -0.2) is 9.18 Å². The molecule has 5 rings (SSSR count). The maximum atomic E-state index is 13.3. The number of hydrogen-bond donors (Lipinski definition) is 1. The molecule has 1 aromatic heterocycles. The first-order valence-corrected chi connectivity index (χ1v) is 10.7. The van der Waals surface area contributed by atoms with Gasteiger partial charge in [-0.15, -0.1) is 0 Å². The van der Waals surface area contributed by atoms with E-state index in [2.05, 4.69) is 4.98 Å². The summed E-state index contributed by atoms with van der Waals surface area (Å²) in [5, 5.41) is 1.00. The highest BCUT2D eigenvalue weighted by atomic mass is 19.1. The first kappa shape index (κ1) is 20.7. The second kappa shape index (κ2) is 8.74. The molecule has 0 saturated heterocycles. The SMILES string of the molecule is O=C(OCc1ccccc1)C1=CN(C(=O)c2ccc(F)cc2)CCc2c1[nH]c1ccccc21. The lowest BCUT2D eigenvalue weighted by molar-refractivity contribution is -0.137. The molecule has 2 heterocycles. The average molecular weight is 440 g/mol. The predicted molar refractivity (Wildman–Crippen MR) is 124 cm³/mol. The number of carbonyl (C=O) groups is 2. The second-order valence-electron chi connectivity index (χ2n) is 7.88. The van der Waals surface area contributed by atoms with Crippen LogP contribution in [0.4, 0.5) is 4.39 Å². The highest BCUT2D eigenvalue weighted by molar-refractivity contribution is 6.18. The molecule has 1 amide bonds. The van der Waals surface area contributed by atoms with Gasteiger partial charge in [-0.1, -0.05) is 48.5 Å². The van der Waals surface area contributed by atoms with Crippen molar-refractivity contribution in [2.45, 2.75) is 13.0 Å². The Morgan fingerprint density at radius 3 is 2.45 bits per heavy atom. The van der Waals surface area contributed by atoms with Crippen molar-refractivity contribution < 1.29 is 18.7 Å². The fourth-order valence-electron chi connectivity index (χ4n) is 4.08. The van der Waals surface area contributed by atoms with Gasteiger partial charge in [-0.05, 0) is 47.9 Å². The first-order chi connectivity index (χ1) is 16.1. The lowest BCUT2D eigenvalue weighted by Crippen LogP contribution is -2.28. The molecular weight excluding hydrogens is 419 g/mol. The minimum Gasteiger partial charge on any atom is -0.457 e. The van der Waals surface area contributed by atoms with Crippen molar-refractivity contribution in [2.24, 2.45) is 0 Å². The van der Waals surface area contributed by atoms with Crippen LogP contribution >= 0.6 is 0 Å². The Bertz CT molecular complexity index is 1360. The monoisotopic (exact) mass is 440 g/mol. The molecular formula is C27H21FN2O3. The van der Waals surface area contributed by atoms with E-state index in [-0.39, 0.29) is 18.1 Å². The first-order valence-electron chi connectivity index (χ1n) is 10.7. The van der Waals surface area contributed by atoms with Crippen molar-refractivity contribution in [1.29, 1.82) is 0 Å². The molecule has 0 aliphatic carbocycles. The summed E-state index contributed by atoms with van der Waals surface area (Å²) < 4.78 is 18.9. The van der Waals surface area contributed by atoms with Gasteiger partial charge in [-0.2, -0.15) is 0 Å². The number of halogens is 1. The van der Waals surface area contributed by atoms with Gasteiger partial charge in [0.05, 0.1) is 11.3 Å². The number of esters is 1. The molecule has 33 heavy (non-hydrogen) atoms. The Hall–Kier alpha value is -4.19. The van der Waals surface area contributed by atoms with Crippen LogP contribution in [0.5, 0.6) is 0 Å². The molecule has 0 atom stereocenters. The molecule has 0 radical (unpaired) electrons. The number of rotatable bonds is 4. The summed E-state index contributed by atoms with van der Waals surface area (Å²) in [5.74, 6) is -1.24. The Morgan fingerprint density at radius 1 is 0.939 bits per heavy atom. The third-order valence-corrected chi connectivity index (χ3v) is 5.76. The van der Waals surface area contributed by atoms with E-state index in [1.807, 2.05) is 54.6 Å². The van der Waals surface area contributed by atoms with Crippen LogP contribution in [-0.2, 0) is 22.6 Å². The number of fused-ring (bicyclic) bond motifs is 3. The van der Waals surface area contributed by atoms with Gasteiger partial charge in [0.15, 0.2) is 0 Å². The van der Waals surface area contributed by atoms with Gasteiger partial charge in [0.1, 0.15) is 12.4 Å². The molecule has 0 unspecified atom stereocenters. The Balaban J connectivity index is 1.52. The van der Waals surface area contributed by atoms with Crippen LogP contribution in [0.15, 0.2) is 85.1 Å². The minimum absolute atomic E-state index is 0.123. The van der Waals surface area contributed by atoms with Crippen LogP contribution in [-0.4, -0.2) is 28.3 Å². The number of nitrogens with one attached hydrogen (secondary N) is 1. The normalized spacial score (nSPS) is 13.2. The van der Waals surface area contributed by atoms with Crippen LogP contribution in [0.2, 0.25) is 0 Å². The third-order valence-electron chi connectivity index (χ3n) is 5.76. The molecule has 164 valence electrons. The summed E-state index contributed by atoms with van der Waals surface area (Å²) in [4.78, 5) is 31.2. The van der Waals surface area contributed by atoms with Gasteiger partial charge in [-0.3, -0.25) is 4.79 Å². The number of amides is 1. The predicted octanol–water partition coefficient (Wildman–Crippen LogP) is 5.09. The topological polar surface area (TPSA) is 62.4 Å². The third kappa shape index (κ3) is 4.15. The van der Waals surface area contributed by atoms with Crippen molar-refractivity contribution in [2.75, 3.05) is 6.54 Å². The van der Waals surface area contributed by atoms with E-state index >= 15 is 0 Å². The summed E-state index contributed by atoms with van der Waals surface area (Å²) in [6.07, 6.45) is 2.10. The van der Waals surface area contributed by atoms with E-state index in [9.17, 15) is 14.0 Å². The molecule has 1 aliphatic heterocycles. The molecule has 4 aromatic rings. The van der Waals surface area contributed by atoms with E-state index in [1.54, 1.807) is 6.20 Å². The Morgan fingerprint density at radius 2 is 1.67 bits per heavy atom. The molecule has 1 aliphatic rings. The number of ether oxygens (including phenoxy) is 1. The van der Waals surface area contributed by atoms with Crippen LogP contribution in [0.25, 0.3) is 16.5 Å². The number of nitrogens with zero attached hydrogens (tertiary/aromatic N) is 1. The largest absolute Gasteiger partial charge is 0.457 e. The van der Waals surface area contributed by atoms with Gasteiger partial charge >= 0.3 is 5.97 Å². The molecule has 0 bridgehead atoms. The summed E-state index contributed by atoms with van der Waals surface area (Å²) >= 11 is 0. The van der Waals surface area contributed by atoms with E-state index in [0.29, 0.717) is 24.2 Å². The Labute approximate surface area is 190 Å². The minimum atomic E-state index is -0.523. The van der Waals surface area contributed by atoms with Crippen molar-refractivity contribution in [3.8, 4) is 0 Å². The van der Waals surface area contributed by atoms with Gasteiger partial charge in [0.25, 0.3) is 5.91 Å². The molecule has 0 saturated carbocycles. The highest BCUT2D eigenvalue weighted by Gasteiger charge is 2.27. The van der Waals surface area contributed by atoms with Crippen molar-refractivity contribution in [1.82, 2.24) is 9.88 Å². The zero-order valence-corrected chi connectivity index (χ0v) is 17.8. The van der Waals surface area contributed by atoms with Gasteiger partial charge in [0.2, 0.25) is 0 Å². The molecule has 1 N–H and O–H groups in total. The number of aromatic amines is 1. The maximum absolute atomic E-state index is 13.3. The number of benzene rings is 3. The van der Waals surface area contributed by atoms with Gasteiger partial charge in [0, 0.05) is 29.2 Å². The number of carbonyl (C=O) groups excluding carboxylic acids is 2. The van der Waals surface area contributed by atoms with E-state index in [0.717, 1.165) is 22.0 Å². The summed E-state index contributed by atoms with van der Waals surface area (Å²) in [5.41, 5.74) is 4.04. The van der Waals surface area contributed by atoms with E-state index in [4.69, 9.17) is 4.74 Å². The standard InChI is InChI=1S/C27H21FN2O3/c28-20-12-10-19(11-13-20)26(31)30-15-14-22-21-8-4-5-9-24(21)29-25(22)23(16-30)27(32)33-17-18-6-2-1-3-7-18/h1-13,16,29H,14-15,17H2. The lowest BCUT2D eigenvalue weighted by atomic mass is 10.0. The molecule has 3 aromatic carbocycles. The number of para-hydroxylation sites is 1. The fourth-order valence-corrected chi connectivity index (χ4v) is 4.08. The average Bonchev–Trinajstić information content (AvgIpc) is 3.11. The Kier molecular flexibility index (Phi) is 5.48. The van der Waals surface area contributed by atoms with E-state index < -0.39 is 11.8 Å². The summed E-state index contributed by atoms with van der Waals surface area (Å²) in [6.45, 7) is 0.499. The molecule has 0 spiro atoms. The van der Waals surface area contributed by atoms with Crippen molar-refractivity contribution in [3.05, 3.63) is 113 Å². The number of H-pyrrole nitrogens is 1. The maximum Gasteiger partial charge on any atom is 0.342 e.